The molecule has 0 aromatic heterocycles. The van der Waals surface area contributed by atoms with Crippen LogP contribution in [-0.4, -0.2) is 36.7 Å². The van der Waals surface area contributed by atoms with Gasteiger partial charge in [-0.2, -0.15) is 0 Å². The van der Waals surface area contributed by atoms with Crippen molar-refractivity contribution in [2.24, 2.45) is 5.73 Å². The van der Waals surface area contributed by atoms with Crippen LogP contribution in [0.3, 0.4) is 0 Å². The van der Waals surface area contributed by atoms with E-state index in [4.69, 9.17) is 19.9 Å². The fourth-order valence-electron chi connectivity index (χ4n) is 4.56. The van der Waals surface area contributed by atoms with Gasteiger partial charge in [-0.3, -0.25) is 4.79 Å². The maximum absolute atomic E-state index is 13.3. The minimum atomic E-state index is -0.817. The highest BCUT2D eigenvalue weighted by atomic mass is 16.6. The molecule has 0 saturated carbocycles. The Bertz CT molecular complexity index is 1480. The summed E-state index contributed by atoms with van der Waals surface area (Å²) in [5.74, 6) is 1.92. The average Bonchev–Trinajstić information content (AvgIpc) is 3.02. The lowest BCUT2D eigenvalue weighted by atomic mass is 10.0. The molecule has 0 fully saturated rings. The molecule has 0 aliphatic carbocycles. The van der Waals surface area contributed by atoms with Crippen LogP contribution in [-0.2, 0) is 35.4 Å². The van der Waals surface area contributed by atoms with Crippen LogP contribution >= 0.6 is 0 Å². The smallest absolute Gasteiger partial charge is 0.408 e. The molecule has 0 bridgehead atoms. The highest BCUT2D eigenvalue weighted by Crippen LogP contribution is 2.22. The molecule has 0 aliphatic heterocycles. The van der Waals surface area contributed by atoms with Crippen LogP contribution in [0.15, 0.2) is 103 Å². The van der Waals surface area contributed by atoms with E-state index in [0.29, 0.717) is 32.5 Å². The number of rotatable bonds is 14. The van der Waals surface area contributed by atoms with Gasteiger partial charge in [0.2, 0.25) is 5.91 Å². The van der Waals surface area contributed by atoms with Crippen molar-refractivity contribution in [3.8, 4) is 17.2 Å². The van der Waals surface area contributed by atoms with Gasteiger partial charge in [-0.05, 0) is 98.8 Å². The third-order valence-electron chi connectivity index (χ3n) is 6.85. The van der Waals surface area contributed by atoms with Crippen molar-refractivity contribution in [1.82, 2.24) is 10.6 Å². The van der Waals surface area contributed by atoms with Gasteiger partial charge >= 0.3 is 6.09 Å². The summed E-state index contributed by atoms with van der Waals surface area (Å²) in [4.78, 5) is 25.8. The van der Waals surface area contributed by atoms with E-state index in [2.05, 4.69) is 10.6 Å². The molecule has 45 heavy (non-hydrogen) atoms. The second-order valence-corrected chi connectivity index (χ2v) is 11.8. The molecule has 2 amide bonds. The lowest BCUT2D eigenvalue weighted by molar-refractivity contribution is -0.123. The molecule has 4 rings (SSSR count). The Labute approximate surface area is 265 Å². The van der Waals surface area contributed by atoms with E-state index in [-0.39, 0.29) is 5.91 Å². The lowest BCUT2D eigenvalue weighted by Crippen LogP contribution is -2.49. The van der Waals surface area contributed by atoms with Crippen molar-refractivity contribution >= 4 is 12.0 Å². The largest absolute Gasteiger partial charge is 0.489 e. The van der Waals surface area contributed by atoms with Gasteiger partial charge in [0.1, 0.15) is 35.5 Å². The van der Waals surface area contributed by atoms with Crippen molar-refractivity contribution < 1.29 is 23.8 Å². The van der Waals surface area contributed by atoms with Crippen LogP contribution < -0.4 is 25.8 Å². The van der Waals surface area contributed by atoms with E-state index >= 15 is 0 Å². The predicted octanol–water partition coefficient (Wildman–Crippen LogP) is 6.35. The average molecular weight is 610 g/mol. The highest BCUT2D eigenvalue weighted by molar-refractivity contribution is 5.86. The molecule has 8 heteroatoms. The van der Waals surface area contributed by atoms with E-state index in [0.717, 1.165) is 40.4 Å². The number of alkyl carbamates (subject to hydrolysis) is 1. The quantitative estimate of drug-likeness (QED) is 0.154. The van der Waals surface area contributed by atoms with Gasteiger partial charge in [-0.15, -0.1) is 0 Å². The summed E-state index contributed by atoms with van der Waals surface area (Å²) in [5.41, 5.74) is 9.11. The van der Waals surface area contributed by atoms with Gasteiger partial charge in [0, 0.05) is 13.0 Å². The molecular weight excluding hydrogens is 566 g/mol. The Morgan fingerprint density at radius 3 is 1.84 bits per heavy atom. The minimum absolute atomic E-state index is 0.289. The first kappa shape index (κ1) is 33.1. The van der Waals surface area contributed by atoms with Crippen LogP contribution in [0.1, 0.15) is 43.0 Å². The van der Waals surface area contributed by atoms with Gasteiger partial charge < -0.3 is 30.6 Å². The van der Waals surface area contributed by atoms with Gasteiger partial charge in [0.05, 0.1) is 0 Å². The first-order valence-corrected chi connectivity index (χ1v) is 15.3. The van der Waals surface area contributed by atoms with E-state index in [9.17, 15) is 9.59 Å². The zero-order valence-corrected chi connectivity index (χ0v) is 26.3. The van der Waals surface area contributed by atoms with E-state index < -0.39 is 17.7 Å². The number of benzene rings is 4. The SMILES string of the molecule is CC(C)(C)OC(=O)N[C@@H](Cc1ccc(OCc2ccccc2)cc1)C(=O)NCCc1ccc(Oc2ccc(CCN)cc2)cc1. The van der Waals surface area contributed by atoms with Gasteiger partial charge in [0.15, 0.2) is 0 Å². The van der Waals surface area contributed by atoms with Crippen molar-refractivity contribution in [3.05, 3.63) is 125 Å². The number of carbonyl (C=O) groups excluding carboxylic acids is 2. The number of hydrogen-bond acceptors (Lipinski definition) is 6. The molecule has 0 saturated heterocycles. The zero-order chi connectivity index (χ0) is 32.1. The Morgan fingerprint density at radius 1 is 0.711 bits per heavy atom. The summed E-state index contributed by atoms with van der Waals surface area (Å²) >= 11 is 0. The van der Waals surface area contributed by atoms with E-state index in [1.54, 1.807) is 20.8 Å². The Morgan fingerprint density at radius 2 is 1.27 bits per heavy atom. The molecular formula is C37H43N3O5. The molecule has 4 N–H and O–H groups in total. The molecule has 0 aliphatic rings. The molecule has 0 heterocycles. The second-order valence-electron chi connectivity index (χ2n) is 11.8. The van der Waals surface area contributed by atoms with Crippen molar-refractivity contribution in [1.29, 1.82) is 0 Å². The van der Waals surface area contributed by atoms with Crippen LogP contribution in [0.4, 0.5) is 4.79 Å². The summed E-state index contributed by atoms with van der Waals surface area (Å²) < 4.78 is 17.3. The van der Waals surface area contributed by atoms with E-state index in [1.165, 1.54) is 5.56 Å². The number of amides is 2. The van der Waals surface area contributed by atoms with Crippen LogP contribution in [0, 0.1) is 0 Å². The maximum Gasteiger partial charge on any atom is 0.408 e. The topological polar surface area (TPSA) is 112 Å². The van der Waals surface area contributed by atoms with Crippen LogP contribution in [0.2, 0.25) is 0 Å². The van der Waals surface area contributed by atoms with Gasteiger partial charge in [-0.1, -0.05) is 66.7 Å². The Balaban J connectivity index is 1.30. The van der Waals surface area contributed by atoms with Crippen LogP contribution in [0.25, 0.3) is 0 Å². The van der Waals surface area contributed by atoms with E-state index in [1.807, 2.05) is 103 Å². The number of ether oxygens (including phenoxy) is 3. The second kappa shape index (κ2) is 16.3. The molecule has 236 valence electrons. The number of hydrogen-bond donors (Lipinski definition) is 3. The number of carbonyl (C=O) groups is 2. The molecule has 4 aromatic rings. The van der Waals surface area contributed by atoms with Crippen molar-refractivity contribution in [2.45, 2.75) is 58.3 Å². The Hall–Kier alpha value is -4.82. The van der Waals surface area contributed by atoms with Gasteiger partial charge in [-0.25, -0.2) is 4.79 Å². The molecule has 4 aromatic carbocycles. The normalized spacial score (nSPS) is 11.7. The molecule has 0 unspecified atom stereocenters. The third-order valence-corrected chi connectivity index (χ3v) is 6.85. The summed E-state index contributed by atoms with van der Waals surface area (Å²) in [6, 6.07) is 32.3. The first-order valence-electron chi connectivity index (χ1n) is 15.3. The molecule has 0 radical (unpaired) electrons. The minimum Gasteiger partial charge on any atom is -0.489 e. The summed E-state index contributed by atoms with van der Waals surface area (Å²) in [7, 11) is 0. The Kier molecular flexibility index (Phi) is 12.0. The number of nitrogens with two attached hydrogens (primary N) is 1. The molecule has 0 spiro atoms. The first-order chi connectivity index (χ1) is 21.7. The maximum atomic E-state index is 13.3. The van der Waals surface area contributed by atoms with Gasteiger partial charge in [0.25, 0.3) is 0 Å². The summed E-state index contributed by atoms with van der Waals surface area (Å²) in [5, 5.41) is 5.71. The monoisotopic (exact) mass is 609 g/mol. The molecule has 1 atom stereocenters. The summed E-state index contributed by atoms with van der Waals surface area (Å²) in [6.45, 7) is 6.83. The lowest BCUT2D eigenvalue weighted by Gasteiger charge is -2.23. The fraction of sp³-hybridized carbons (Fsp3) is 0.297. The third kappa shape index (κ3) is 11.7. The van der Waals surface area contributed by atoms with Crippen LogP contribution in [0.5, 0.6) is 17.2 Å². The number of nitrogens with one attached hydrogen (secondary N) is 2. The van der Waals surface area contributed by atoms with Crippen molar-refractivity contribution in [3.63, 3.8) is 0 Å². The summed E-state index contributed by atoms with van der Waals surface area (Å²) in [6.07, 6.45) is 1.10. The highest BCUT2D eigenvalue weighted by Gasteiger charge is 2.24. The molecule has 8 nitrogen and oxygen atoms in total. The zero-order valence-electron chi connectivity index (χ0n) is 26.3. The predicted molar refractivity (Wildman–Crippen MR) is 177 cm³/mol. The fourth-order valence-corrected chi connectivity index (χ4v) is 4.56. The standard InChI is InChI=1S/C37H43N3O5/c1-37(2,3)45-36(42)40-34(25-29-13-15-31(16-14-29)43-26-30-7-5-4-6-8-30)35(41)39-24-22-28-11-19-33(20-12-28)44-32-17-9-27(10-18-32)21-23-38/h4-20,34H,21-26,38H2,1-3H3,(H,39,41)(H,40,42)/t34-/m0/s1. The van der Waals surface area contributed by atoms with Crippen molar-refractivity contribution in [2.75, 3.05) is 13.1 Å².